The van der Waals surface area contributed by atoms with Gasteiger partial charge in [0.05, 0.1) is 12.0 Å². The molecular formula is C13H11F3N2O2. The Bertz CT molecular complexity index is 647. The smallest absolute Gasteiger partial charge is 0.417 e. The first-order chi connectivity index (χ1) is 9.30. The number of halogens is 3. The summed E-state index contributed by atoms with van der Waals surface area (Å²) in [6, 6.07) is 5.07. The van der Waals surface area contributed by atoms with Crippen molar-refractivity contribution < 1.29 is 23.1 Å². The highest BCUT2D eigenvalue weighted by Gasteiger charge is 2.34. The summed E-state index contributed by atoms with van der Waals surface area (Å²) in [5.41, 5.74) is -0.529. The number of hydrogen-bond donors (Lipinski definition) is 1. The number of alkyl halides is 3. The molecule has 0 unspecified atom stereocenters. The zero-order chi connectivity index (χ0) is 14.9. The number of benzene rings is 1. The summed E-state index contributed by atoms with van der Waals surface area (Å²) in [5, 5.41) is 8.73. The van der Waals surface area contributed by atoms with E-state index in [0.717, 1.165) is 6.07 Å². The molecule has 106 valence electrons. The molecule has 0 spiro atoms. The normalized spacial score (nSPS) is 11.6. The Morgan fingerprint density at radius 1 is 1.35 bits per heavy atom. The lowest BCUT2D eigenvalue weighted by molar-refractivity contribution is -0.137. The van der Waals surface area contributed by atoms with Crippen molar-refractivity contribution in [1.29, 1.82) is 0 Å². The van der Waals surface area contributed by atoms with Gasteiger partial charge in [-0.05, 0) is 6.07 Å². The van der Waals surface area contributed by atoms with Crippen LogP contribution in [0.15, 0.2) is 30.5 Å². The predicted octanol–water partition coefficient (Wildman–Crippen LogP) is 2.73. The Kier molecular flexibility index (Phi) is 3.52. The van der Waals surface area contributed by atoms with E-state index in [4.69, 9.17) is 5.11 Å². The molecule has 1 aromatic carbocycles. The summed E-state index contributed by atoms with van der Waals surface area (Å²) < 4.78 is 40.2. The molecule has 4 nitrogen and oxygen atoms in total. The fraction of sp³-hybridized carbons (Fsp3) is 0.231. The van der Waals surface area contributed by atoms with Crippen molar-refractivity contribution in [2.45, 2.75) is 12.6 Å². The van der Waals surface area contributed by atoms with Crippen LogP contribution >= 0.6 is 0 Å². The van der Waals surface area contributed by atoms with Crippen LogP contribution in [0.3, 0.4) is 0 Å². The molecule has 0 bridgehead atoms. The second kappa shape index (κ2) is 4.99. The topological polar surface area (TPSA) is 55.1 Å². The average Bonchev–Trinajstić information content (AvgIpc) is 2.69. The molecule has 1 N–H and O–H groups in total. The van der Waals surface area contributed by atoms with E-state index in [9.17, 15) is 18.0 Å². The number of carboxylic acids is 1. The number of hydrogen-bond acceptors (Lipinski definition) is 2. The molecule has 2 aromatic rings. The van der Waals surface area contributed by atoms with Crippen molar-refractivity contribution in [2.24, 2.45) is 7.05 Å². The zero-order valence-electron chi connectivity index (χ0n) is 10.5. The van der Waals surface area contributed by atoms with E-state index in [0.29, 0.717) is 5.69 Å². The van der Waals surface area contributed by atoms with Crippen molar-refractivity contribution in [2.75, 3.05) is 0 Å². The Hall–Kier alpha value is -2.31. The minimum Gasteiger partial charge on any atom is -0.481 e. The Labute approximate surface area is 112 Å². The molecule has 0 aliphatic carbocycles. The average molecular weight is 284 g/mol. The molecule has 0 atom stereocenters. The van der Waals surface area contributed by atoms with Gasteiger partial charge in [0.15, 0.2) is 0 Å². The largest absolute Gasteiger partial charge is 0.481 e. The van der Waals surface area contributed by atoms with Crippen LogP contribution in [0, 0.1) is 0 Å². The molecule has 0 radical (unpaired) electrons. The third-order valence-corrected chi connectivity index (χ3v) is 2.89. The number of imidazole rings is 1. The van der Waals surface area contributed by atoms with Crippen LogP contribution in [0.25, 0.3) is 11.4 Å². The van der Waals surface area contributed by atoms with Gasteiger partial charge in [-0.1, -0.05) is 18.2 Å². The van der Waals surface area contributed by atoms with Crippen LogP contribution in [0.2, 0.25) is 0 Å². The summed E-state index contributed by atoms with van der Waals surface area (Å²) in [5.74, 6) is -0.974. The molecule has 0 fully saturated rings. The fourth-order valence-corrected chi connectivity index (χ4v) is 1.94. The van der Waals surface area contributed by atoms with E-state index in [1.165, 1.54) is 36.0 Å². The first kappa shape index (κ1) is 14.1. The van der Waals surface area contributed by atoms with E-state index in [1.54, 1.807) is 0 Å². The molecule has 7 heteroatoms. The van der Waals surface area contributed by atoms with Crippen LogP contribution in [0.5, 0.6) is 0 Å². The van der Waals surface area contributed by atoms with Crippen LogP contribution in [0.4, 0.5) is 13.2 Å². The number of carboxylic acid groups (broad SMARTS) is 1. The molecule has 0 aliphatic heterocycles. The van der Waals surface area contributed by atoms with Crippen LogP contribution in [-0.4, -0.2) is 20.6 Å². The maximum absolute atomic E-state index is 13.0. The van der Waals surface area contributed by atoms with E-state index >= 15 is 0 Å². The molecule has 0 saturated heterocycles. The summed E-state index contributed by atoms with van der Waals surface area (Å²) in [4.78, 5) is 14.6. The predicted molar refractivity (Wildman–Crippen MR) is 65.0 cm³/mol. The third-order valence-electron chi connectivity index (χ3n) is 2.89. The number of rotatable bonds is 3. The van der Waals surface area contributed by atoms with E-state index in [1.807, 2.05) is 0 Å². The van der Waals surface area contributed by atoms with Crippen LogP contribution in [0.1, 0.15) is 11.3 Å². The van der Waals surface area contributed by atoms with Gasteiger partial charge in [0.2, 0.25) is 0 Å². The van der Waals surface area contributed by atoms with Gasteiger partial charge in [-0.3, -0.25) is 4.79 Å². The van der Waals surface area contributed by atoms with Crippen molar-refractivity contribution in [3.05, 3.63) is 41.7 Å². The number of aliphatic carboxylic acids is 1. The zero-order valence-corrected chi connectivity index (χ0v) is 10.5. The number of nitrogens with zero attached hydrogens (tertiary/aromatic N) is 2. The van der Waals surface area contributed by atoms with Gasteiger partial charge in [0.25, 0.3) is 0 Å². The molecule has 2 rings (SSSR count). The number of aromatic nitrogens is 2. The summed E-state index contributed by atoms with van der Waals surface area (Å²) in [7, 11) is 1.49. The molecule has 0 amide bonds. The lowest BCUT2D eigenvalue weighted by atomic mass is 10.1. The highest BCUT2D eigenvalue weighted by atomic mass is 19.4. The van der Waals surface area contributed by atoms with Crippen molar-refractivity contribution in [3.8, 4) is 11.4 Å². The van der Waals surface area contributed by atoms with E-state index in [-0.39, 0.29) is 17.8 Å². The standard InChI is InChI=1S/C13H11F3N2O2/c1-18-8(6-11(19)20)7-17-12(18)9-4-2-3-5-10(9)13(14,15)16/h2-5,7H,6H2,1H3,(H,19,20). The van der Waals surface area contributed by atoms with Crippen LogP contribution < -0.4 is 0 Å². The van der Waals surface area contributed by atoms with Gasteiger partial charge in [-0.25, -0.2) is 4.98 Å². The number of carbonyl (C=O) groups is 1. The molecule has 0 aliphatic rings. The van der Waals surface area contributed by atoms with Gasteiger partial charge in [0, 0.05) is 24.5 Å². The quantitative estimate of drug-likeness (QED) is 0.942. The van der Waals surface area contributed by atoms with Gasteiger partial charge < -0.3 is 9.67 Å². The fourth-order valence-electron chi connectivity index (χ4n) is 1.94. The molecular weight excluding hydrogens is 273 g/mol. The summed E-state index contributed by atoms with van der Waals surface area (Å²) >= 11 is 0. The second-order valence-electron chi connectivity index (χ2n) is 4.25. The Balaban J connectivity index is 2.53. The Morgan fingerprint density at radius 2 is 2.00 bits per heavy atom. The summed E-state index contributed by atoms with van der Waals surface area (Å²) in [6.07, 6.45) is -3.51. The van der Waals surface area contributed by atoms with Crippen molar-refractivity contribution in [3.63, 3.8) is 0 Å². The first-order valence-electron chi connectivity index (χ1n) is 5.69. The maximum atomic E-state index is 13.0. The van der Waals surface area contributed by atoms with Gasteiger partial charge in [-0.15, -0.1) is 0 Å². The minimum absolute atomic E-state index is 0.0702. The van der Waals surface area contributed by atoms with Crippen molar-refractivity contribution in [1.82, 2.24) is 9.55 Å². The molecule has 0 saturated carbocycles. The first-order valence-corrected chi connectivity index (χ1v) is 5.69. The highest BCUT2D eigenvalue weighted by Crippen LogP contribution is 2.36. The second-order valence-corrected chi connectivity index (χ2v) is 4.25. The lowest BCUT2D eigenvalue weighted by Crippen LogP contribution is -2.10. The van der Waals surface area contributed by atoms with E-state index < -0.39 is 17.7 Å². The molecule has 1 aromatic heterocycles. The molecule has 1 heterocycles. The maximum Gasteiger partial charge on any atom is 0.417 e. The monoisotopic (exact) mass is 284 g/mol. The van der Waals surface area contributed by atoms with E-state index in [2.05, 4.69) is 4.98 Å². The minimum atomic E-state index is -4.49. The lowest BCUT2D eigenvalue weighted by Gasteiger charge is -2.12. The third kappa shape index (κ3) is 2.66. The van der Waals surface area contributed by atoms with Gasteiger partial charge in [0.1, 0.15) is 5.82 Å². The van der Waals surface area contributed by atoms with Crippen LogP contribution in [-0.2, 0) is 24.4 Å². The highest BCUT2D eigenvalue weighted by molar-refractivity contribution is 5.70. The van der Waals surface area contributed by atoms with Crippen molar-refractivity contribution >= 4 is 5.97 Å². The molecule has 20 heavy (non-hydrogen) atoms. The summed E-state index contributed by atoms with van der Waals surface area (Å²) in [6.45, 7) is 0. The SMILES string of the molecule is Cn1c(CC(=O)O)cnc1-c1ccccc1C(F)(F)F. The van der Waals surface area contributed by atoms with Gasteiger partial charge in [-0.2, -0.15) is 13.2 Å². The Morgan fingerprint density at radius 3 is 2.60 bits per heavy atom. The van der Waals surface area contributed by atoms with Gasteiger partial charge >= 0.3 is 12.1 Å².